The summed E-state index contributed by atoms with van der Waals surface area (Å²) < 4.78 is 0. The molecule has 0 spiro atoms. The van der Waals surface area contributed by atoms with Gasteiger partial charge in [-0.1, -0.05) is 29.8 Å². The number of para-hydroxylation sites is 2. The van der Waals surface area contributed by atoms with E-state index in [1.807, 2.05) is 11.4 Å². The highest BCUT2D eigenvalue weighted by atomic mass is 35.5. The quantitative estimate of drug-likeness (QED) is 0.438. The number of carbonyl (C=O) groups excluding carboxylic acids is 3. The summed E-state index contributed by atoms with van der Waals surface area (Å²) >= 11 is 7.22. The summed E-state index contributed by atoms with van der Waals surface area (Å²) in [7, 11) is 0. The Kier molecular flexibility index (Phi) is 7.59. The molecule has 6 nitrogen and oxygen atoms in total. The van der Waals surface area contributed by atoms with Crippen LogP contribution >= 0.6 is 22.9 Å². The van der Waals surface area contributed by atoms with Gasteiger partial charge in [0.2, 0.25) is 5.91 Å². The van der Waals surface area contributed by atoms with E-state index in [1.165, 1.54) is 11.3 Å². The number of thiophene rings is 1. The van der Waals surface area contributed by atoms with Crippen molar-refractivity contribution >= 4 is 52.0 Å². The van der Waals surface area contributed by atoms with Gasteiger partial charge in [0, 0.05) is 23.6 Å². The van der Waals surface area contributed by atoms with Crippen LogP contribution in [0.15, 0.2) is 66.0 Å². The van der Waals surface area contributed by atoms with Crippen molar-refractivity contribution in [3.8, 4) is 0 Å². The molecule has 0 aliphatic carbocycles. The van der Waals surface area contributed by atoms with Gasteiger partial charge in [-0.2, -0.15) is 0 Å². The summed E-state index contributed by atoms with van der Waals surface area (Å²) in [6.45, 7) is 0.402. The predicted octanol–water partition coefficient (Wildman–Crippen LogP) is 4.80. The Balaban J connectivity index is 1.50. The lowest BCUT2D eigenvalue weighted by Gasteiger charge is -2.12. The first-order valence-electron chi connectivity index (χ1n) is 9.30. The predicted molar refractivity (Wildman–Crippen MR) is 120 cm³/mol. The third-order valence-electron chi connectivity index (χ3n) is 4.17. The number of anilines is 2. The van der Waals surface area contributed by atoms with E-state index in [2.05, 4.69) is 16.0 Å². The van der Waals surface area contributed by atoms with Crippen LogP contribution in [0.4, 0.5) is 11.4 Å². The van der Waals surface area contributed by atoms with Crippen molar-refractivity contribution in [2.45, 2.75) is 12.8 Å². The zero-order valence-electron chi connectivity index (χ0n) is 16.0. The Hall–Kier alpha value is -3.16. The maximum Gasteiger partial charge on any atom is 0.261 e. The highest BCUT2D eigenvalue weighted by molar-refractivity contribution is 7.12. The first-order valence-corrected chi connectivity index (χ1v) is 10.6. The molecule has 3 amide bonds. The van der Waals surface area contributed by atoms with Gasteiger partial charge in [-0.3, -0.25) is 14.4 Å². The van der Waals surface area contributed by atoms with Crippen molar-refractivity contribution in [2.24, 2.45) is 0 Å². The monoisotopic (exact) mass is 441 g/mol. The number of carbonyl (C=O) groups is 3. The molecule has 0 radical (unpaired) electrons. The fourth-order valence-corrected chi connectivity index (χ4v) is 3.42. The minimum atomic E-state index is -0.301. The summed E-state index contributed by atoms with van der Waals surface area (Å²) in [4.78, 5) is 37.2. The zero-order valence-corrected chi connectivity index (χ0v) is 17.6. The minimum absolute atomic E-state index is 0.138. The van der Waals surface area contributed by atoms with Crippen LogP contribution in [0.1, 0.15) is 32.9 Å². The second kappa shape index (κ2) is 10.6. The van der Waals surface area contributed by atoms with Crippen molar-refractivity contribution in [3.63, 3.8) is 0 Å². The number of halogens is 1. The lowest BCUT2D eigenvalue weighted by molar-refractivity contribution is -0.116. The van der Waals surface area contributed by atoms with Crippen molar-refractivity contribution < 1.29 is 14.4 Å². The Bertz CT molecular complexity index is 1020. The van der Waals surface area contributed by atoms with E-state index in [-0.39, 0.29) is 24.1 Å². The molecule has 30 heavy (non-hydrogen) atoms. The summed E-state index contributed by atoms with van der Waals surface area (Å²) in [6, 6.07) is 17.1. The minimum Gasteiger partial charge on any atom is -0.351 e. The Morgan fingerprint density at radius 3 is 2.20 bits per heavy atom. The molecule has 0 unspecified atom stereocenters. The Morgan fingerprint density at radius 1 is 0.833 bits per heavy atom. The first-order chi connectivity index (χ1) is 14.5. The van der Waals surface area contributed by atoms with Crippen LogP contribution in [0.2, 0.25) is 5.02 Å². The highest BCUT2D eigenvalue weighted by Gasteiger charge is 2.11. The van der Waals surface area contributed by atoms with Gasteiger partial charge in [0.25, 0.3) is 11.8 Å². The standard InChI is InChI=1S/C22H20ClN3O3S/c23-16-11-9-15(10-12-16)21(28)26-18-6-2-1-5-17(18)25-20(27)8-3-13-24-22(29)19-7-4-14-30-19/h1-2,4-7,9-12,14H,3,8,13H2,(H,24,29)(H,25,27)(H,26,28). The number of rotatable bonds is 8. The van der Waals surface area contributed by atoms with Crippen LogP contribution in [0.25, 0.3) is 0 Å². The smallest absolute Gasteiger partial charge is 0.261 e. The molecule has 0 fully saturated rings. The molecule has 3 aromatic rings. The molecule has 0 saturated carbocycles. The maximum absolute atomic E-state index is 12.4. The molecule has 3 N–H and O–H groups in total. The van der Waals surface area contributed by atoms with Crippen LogP contribution in [0.3, 0.4) is 0 Å². The number of benzene rings is 2. The van der Waals surface area contributed by atoms with E-state index < -0.39 is 0 Å². The van der Waals surface area contributed by atoms with Crippen molar-refractivity contribution in [2.75, 3.05) is 17.2 Å². The number of nitrogens with one attached hydrogen (secondary N) is 3. The van der Waals surface area contributed by atoms with E-state index in [4.69, 9.17) is 11.6 Å². The average Bonchev–Trinajstić information content (AvgIpc) is 3.28. The number of amides is 3. The third-order valence-corrected chi connectivity index (χ3v) is 5.29. The highest BCUT2D eigenvalue weighted by Crippen LogP contribution is 2.22. The van der Waals surface area contributed by atoms with E-state index in [0.29, 0.717) is 39.8 Å². The molecule has 0 bridgehead atoms. The lowest BCUT2D eigenvalue weighted by atomic mass is 10.2. The van der Waals surface area contributed by atoms with Crippen LogP contribution in [0, 0.1) is 0 Å². The summed E-state index contributed by atoms with van der Waals surface area (Å²) in [5.74, 6) is -0.640. The van der Waals surface area contributed by atoms with Crippen molar-refractivity contribution in [3.05, 3.63) is 81.5 Å². The molecular formula is C22H20ClN3O3S. The van der Waals surface area contributed by atoms with Crippen LogP contribution < -0.4 is 16.0 Å². The van der Waals surface area contributed by atoms with Gasteiger partial charge in [-0.25, -0.2) is 0 Å². The SMILES string of the molecule is O=C(CCCNC(=O)c1cccs1)Nc1ccccc1NC(=O)c1ccc(Cl)cc1. The third kappa shape index (κ3) is 6.17. The molecule has 1 aromatic heterocycles. The van der Waals surface area contributed by atoms with Gasteiger partial charge in [0.1, 0.15) is 0 Å². The van der Waals surface area contributed by atoms with Crippen molar-refractivity contribution in [1.29, 1.82) is 0 Å². The molecule has 1 heterocycles. The fraction of sp³-hybridized carbons (Fsp3) is 0.136. The first kappa shape index (κ1) is 21.5. The van der Waals surface area contributed by atoms with Gasteiger partial charge >= 0.3 is 0 Å². The molecular weight excluding hydrogens is 422 g/mol. The molecule has 2 aromatic carbocycles. The van der Waals surface area contributed by atoms with E-state index in [0.717, 1.165) is 0 Å². The summed E-state index contributed by atoms with van der Waals surface area (Å²) in [6.07, 6.45) is 0.742. The van der Waals surface area contributed by atoms with E-state index >= 15 is 0 Å². The summed E-state index contributed by atoms with van der Waals surface area (Å²) in [5.41, 5.74) is 1.46. The molecule has 154 valence electrons. The largest absolute Gasteiger partial charge is 0.351 e. The van der Waals surface area contributed by atoms with Crippen molar-refractivity contribution in [1.82, 2.24) is 5.32 Å². The number of hydrogen-bond acceptors (Lipinski definition) is 4. The second-order valence-corrected chi connectivity index (χ2v) is 7.78. The molecule has 3 rings (SSSR count). The molecule has 0 aliphatic heterocycles. The second-order valence-electron chi connectivity index (χ2n) is 6.39. The molecule has 0 saturated heterocycles. The molecule has 0 aliphatic rings. The van der Waals surface area contributed by atoms with Crippen LogP contribution in [0.5, 0.6) is 0 Å². The molecule has 8 heteroatoms. The normalized spacial score (nSPS) is 10.3. The average molecular weight is 442 g/mol. The lowest BCUT2D eigenvalue weighted by Crippen LogP contribution is -2.24. The Morgan fingerprint density at radius 2 is 1.53 bits per heavy atom. The number of hydrogen-bond donors (Lipinski definition) is 3. The molecule has 0 atom stereocenters. The summed E-state index contributed by atoms with van der Waals surface area (Å²) in [5, 5.41) is 10.8. The van der Waals surface area contributed by atoms with Gasteiger partial charge in [0.05, 0.1) is 16.3 Å². The van der Waals surface area contributed by atoms with Crippen LogP contribution in [-0.2, 0) is 4.79 Å². The van der Waals surface area contributed by atoms with Gasteiger partial charge in [-0.05, 0) is 54.3 Å². The van der Waals surface area contributed by atoms with Gasteiger partial charge in [0.15, 0.2) is 0 Å². The van der Waals surface area contributed by atoms with Crippen LogP contribution in [-0.4, -0.2) is 24.3 Å². The maximum atomic E-state index is 12.4. The topological polar surface area (TPSA) is 87.3 Å². The Labute approximate surface area is 183 Å². The fourth-order valence-electron chi connectivity index (χ4n) is 2.66. The van der Waals surface area contributed by atoms with Gasteiger partial charge < -0.3 is 16.0 Å². The van der Waals surface area contributed by atoms with Gasteiger partial charge in [-0.15, -0.1) is 11.3 Å². The van der Waals surface area contributed by atoms with E-state index in [1.54, 1.807) is 54.6 Å². The van der Waals surface area contributed by atoms with E-state index in [9.17, 15) is 14.4 Å². The zero-order chi connectivity index (χ0) is 21.3.